The zero-order valence-electron chi connectivity index (χ0n) is 13.0. The second kappa shape index (κ2) is 6.00. The van der Waals surface area contributed by atoms with Crippen LogP contribution in [0.15, 0.2) is 53.1 Å². The van der Waals surface area contributed by atoms with Crippen LogP contribution in [0.2, 0.25) is 5.02 Å². The number of hydrogen-bond acceptors (Lipinski definition) is 4. The minimum absolute atomic E-state index is 0.141. The first-order valence-electron chi connectivity index (χ1n) is 8.01. The maximum Gasteiger partial charge on any atom is 0.253 e. The number of aliphatic hydroxyl groups excluding tert-OH is 1. The van der Waals surface area contributed by atoms with E-state index in [1.807, 2.05) is 35.4 Å². The summed E-state index contributed by atoms with van der Waals surface area (Å²) in [6, 6.07) is 7.62. The molecule has 1 saturated carbocycles. The van der Waals surface area contributed by atoms with Gasteiger partial charge in [-0.1, -0.05) is 11.6 Å². The quantitative estimate of drug-likeness (QED) is 0.797. The zero-order valence-corrected chi connectivity index (χ0v) is 13.8. The molecule has 0 saturated heterocycles. The summed E-state index contributed by atoms with van der Waals surface area (Å²) in [5, 5.41) is 15.1. The highest BCUT2D eigenvalue weighted by Crippen LogP contribution is 2.31. The number of fused-ring (bicyclic) bond motifs is 1. The molecule has 1 aromatic carbocycles. The summed E-state index contributed by atoms with van der Waals surface area (Å²) in [6.07, 6.45) is 7.21. The molecule has 0 spiro atoms. The number of allylic oxidation sites excluding steroid dienone is 2. The lowest BCUT2D eigenvalue weighted by molar-refractivity contribution is 0.0553. The summed E-state index contributed by atoms with van der Waals surface area (Å²) in [5.74, 6) is 0. The van der Waals surface area contributed by atoms with E-state index in [4.69, 9.17) is 11.6 Å². The van der Waals surface area contributed by atoms with E-state index in [1.165, 1.54) is 0 Å². The summed E-state index contributed by atoms with van der Waals surface area (Å²) in [7, 11) is 0. The smallest absolute Gasteiger partial charge is 0.253 e. The third-order valence-electron chi connectivity index (χ3n) is 4.43. The monoisotopic (exact) mass is 343 g/mol. The van der Waals surface area contributed by atoms with Gasteiger partial charge in [-0.25, -0.2) is 0 Å². The van der Waals surface area contributed by atoms with E-state index in [9.17, 15) is 9.90 Å². The van der Waals surface area contributed by atoms with E-state index in [-0.39, 0.29) is 5.56 Å². The number of hydrogen-bond donors (Lipinski definition) is 3. The molecule has 1 aliphatic carbocycles. The van der Waals surface area contributed by atoms with Gasteiger partial charge in [0.2, 0.25) is 0 Å². The molecule has 1 fully saturated rings. The number of rotatable bonds is 4. The highest BCUT2D eigenvalue weighted by atomic mass is 35.5. The number of aromatic nitrogens is 1. The standard InChI is InChI=1S/C18H18ClN3O2/c19-13-3-6-15-11(9-13)8-12(17(23)21-15)10-20-16-2-1-7-22(18(16)24)14-4-5-14/h1-3,6-9,14,18,20,24H,4-5,10H2,(H,21,23). The first-order valence-corrected chi connectivity index (χ1v) is 8.39. The van der Waals surface area contributed by atoms with Crippen LogP contribution in [-0.4, -0.2) is 27.3 Å². The molecule has 1 aromatic heterocycles. The third kappa shape index (κ3) is 2.92. The van der Waals surface area contributed by atoms with Crippen LogP contribution < -0.4 is 10.9 Å². The van der Waals surface area contributed by atoms with Crippen molar-refractivity contribution in [2.45, 2.75) is 31.7 Å². The molecule has 0 radical (unpaired) electrons. The SMILES string of the molecule is O=c1[nH]c2ccc(Cl)cc2cc1CNC1=CC=CN(C2CC2)C1O. The van der Waals surface area contributed by atoms with Gasteiger partial charge in [-0.3, -0.25) is 4.79 Å². The van der Waals surface area contributed by atoms with E-state index < -0.39 is 6.23 Å². The molecule has 2 aromatic rings. The number of aromatic amines is 1. The Balaban J connectivity index is 1.54. The number of aliphatic hydroxyl groups is 1. The van der Waals surface area contributed by atoms with Crippen molar-refractivity contribution < 1.29 is 5.11 Å². The molecule has 124 valence electrons. The van der Waals surface area contributed by atoms with Crippen molar-refractivity contribution in [1.29, 1.82) is 0 Å². The summed E-state index contributed by atoms with van der Waals surface area (Å²) in [5.41, 5.74) is 1.92. The van der Waals surface area contributed by atoms with Crippen molar-refractivity contribution in [2.75, 3.05) is 0 Å². The van der Waals surface area contributed by atoms with Crippen molar-refractivity contribution >= 4 is 22.5 Å². The highest BCUT2D eigenvalue weighted by Gasteiger charge is 2.33. The average molecular weight is 344 g/mol. The van der Waals surface area contributed by atoms with Gasteiger partial charge in [0.1, 0.15) is 0 Å². The second-order valence-electron chi connectivity index (χ2n) is 6.22. The van der Waals surface area contributed by atoms with Crippen LogP contribution in [0.25, 0.3) is 10.9 Å². The van der Waals surface area contributed by atoms with Crippen LogP contribution in [0.3, 0.4) is 0 Å². The Labute approximate surface area is 144 Å². The van der Waals surface area contributed by atoms with Crippen LogP contribution in [0, 0.1) is 0 Å². The normalized spacial score (nSPS) is 20.3. The number of halogens is 1. The van der Waals surface area contributed by atoms with E-state index in [0.29, 0.717) is 28.9 Å². The van der Waals surface area contributed by atoms with Crippen LogP contribution in [-0.2, 0) is 6.54 Å². The molecule has 1 aliphatic heterocycles. The minimum Gasteiger partial charge on any atom is -0.380 e. The molecule has 1 unspecified atom stereocenters. The van der Waals surface area contributed by atoms with Crippen molar-refractivity contribution in [3.8, 4) is 0 Å². The molecule has 5 nitrogen and oxygen atoms in total. The van der Waals surface area contributed by atoms with Gasteiger partial charge in [-0.15, -0.1) is 0 Å². The fraction of sp³-hybridized carbons (Fsp3) is 0.278. The maximum absolute atomic E-state index is 12.2. The molecular weight excluding hydrogens is 326 g/mol. The summed E-state index contributed by atoms with van der Waals surface area (Å²) < 4.78 is 0. The van der Waals surface area contributed by atoms with Gasteiger partial charge in [0.15, 0.2) is 6.23 Å². The number of H-pyrrole nitrogens is 1. The van der Waals surface area contributed by atoms with Crippen molar-refractivity contribution in [3.63, 3.8) is 0 Å². The van der Waals surface area contributed by atoms with Gasteiger partial charge in [-0.2, -0.15) is 0 Å². The molecule has 0 bridgehead atoms. The number of nitrogens with one attached hydrogen (secondary N) is 2. The first kappa shape index (κ1) is 15.3. The molecule has 3 N–H and O–H groups in total. The largest absolute Gasteiger partial charge is 0.380 e. The summed E-state index contributed by atoms with van der Waals surface area (Å²) in [4.78, 5) is 17.0. The Hall–Kier alpha value is -2.24. The lowest BCUT2D eigenvalue weighted by Gasteiger charge is -2.31. The second-order valence-corrected chi connectivity index (χ2v) is 6.66. The minimum atomic E-state index is -0.684. The van der Waals surface area contributed by atoms with E-state index in [1.54, 1.807) is 12.1 Å². The average Bonchev–Trinajstić information content (AvgIpc) is 3.39. The fourth-order valence-electron chi connectivity index (χ4n) is 2.97. The first-order chi connectivity index (χ1) is 11.6. The number of benzene rings is 1. The predicted octanol–water partition coefficient (Wildman–Crippen LogP) is 2.47. The molecule has 2 heterocycles. The fourth-order valence-corrected chi connectivity index (χ4v) is 3.15. The molecule has 6 heteroatoms. The molecular formula is C18H18ClN3O2. The van der Waals surface area contributed by atoms with Gasteiger partial charge in [0, 0.05) is 40.3 Å². The van der Waals surface area contributed by atoms with Gasteiger partial charge in [0.25, 0.3) is 5.56 Å². The van der Waals surface area contributed by atoms with Gasteiger partial charge < -0.3 is 20.3 Å². The van der Waals surface area contributed by atoms with Crippen LogP contribution >= 0.6 is 11.6 Å². The van der Waals surface area contributed by atoms with Crippen LogP contribution in [0.5, 0.6) is 0 Å². The highest BCUT2D eigenvalue weighted by molar-refractivity contribution is 6.31. The molecule has 24 heavy (non-hydrogen) atoms. The van der Waals surface area contributed by atoms with Crippen LogP contribution in [0.1, 0.15) is 18.4 Å². The van der Waals surface area contributed by atoms with Crippen LogP contribution in [0.4, 0.5) is 0 Å². The summed E-state index contributed by atoms with van der Waals surface area (Å²) >= 11 is 6.02. The molecule has 2 aliphatic rings. The number of pyridine rings is 1. The molecule has 1 atom stereocenters. The van der Waals surface area contributed by atoms with Crippen molar-refractivity contribution in [1.82, 2.24) is 15.2 Å². The third-order valence-corrected chi connectivity index (χ3v) is 4.66. The van der Waals surface area contributed by atoms with Crippen molar-refractivity contribution in [3.05, 3.63) is 69.3 Å². The topological polar surface area (TPSA) is 68.4 Å². The van der Waals surface area contributed by atoms with E-state index in [0.717, 1.165) is 23.7 Å². The Bertz CT molecular complexity index is 899. The Morgan fingerprint density at radius 3 is 2.96 bits per heavy atom. The van der Waals surface area contributed by atoms with Gasteiger partial charge >= 0.3 is 0 Å². The van der Waals surface area contributed by atoms with Gasteiger partial charge in [-0.05, 0) is 49.3 Å². The van der Waals surface area contributed by atoms with Gasteiger partial charge in [0.05, 0.1) is 5.70 Å². The van der Waals surface area contributed by atoms with Crippen molar-refractivity contribution in [2.24, 2.45) is 0 Å². The zero-order chi connectivity index (χ0) is 16.7. The Morgan fingerprint density at radius 1 is 1.33 bits per heavy atom. The Morgan fingerprint density at radius 2 is 2.17 bits per heavy atom. The molecule has 0 amide bonds. The van der Waals surface area contributed by atoms with E-state index in [2.05, 4.69) is 10.3 Å². The predicted molar refractivity (Wildman–Crippen MR) is 94.5 cm³/mol. The Kier molecular flexibility index (Phi) is 3.82. The lowest BCUT2D eigenvalue weighted by Crippen LogP contribution is -2.40. The van der Waals surface area contributed by atoms with E-state index >= 15 is 0 Å². The summed E-state index contributed by atoms with van der Waals surface area (Å²) in [6.45, 7) is 0.340. The maximum atomic E-state index is 12.2. The lowest BCUT2D eigenvalue weighted by atomic mass is 10.1. The molecule has 4 rings (SSSR count). The number of nitrogens with zero attached hydrogens (tertiary/aromatic N) is 1.